The number of hydrogen-bond acceptors (Lipinski definition) is 4. The van der Waals surface area contributed by atoms with Gasteiger partial charge in [0, 0.05) is 25.9 Å². The van der Waals surface area contributed by atoms with E-state index in [1.807, 2.05) is 25.5 Å². The number of imidazole rings is 1. The van der Waals surface area contributed by atoms with Gasteiger partial charge in [-0.25, -0.2) is 4.98 Å². The van der Waals surface area contributed by atoms with Gasteiger partial charge in [0.15, 0.2) is 5.41 Å². The van der Waals surface area contributed by atoms with Gasteiger partial charge in [-0.3, -0.25) is 9.59 Å². The van der Waals surface area contributed by atoms with Gasteiger partial charge in [-0.15, -0.1) is 0 Å². The molecule has 1 atom stereocenters. The fourth-order valence-electron chi connectivity index (χ4n) is 2.50. The van der Waals surface area contributed by atoms with Gasteiger partial charge in [-0.05, 0) is 25.7 Å². The Morgan fingerprint density at radius 2 is 2.14 bits per heavy atom. The Hall–Kier alpha value is -1.85. The summed E-state index contributed by atoms with van der Waals surface area (Å²) < 4.78 is 6.85. The fourth-order valence-corrected chi connectivity index (χ4v) is 2.50. The van der Waals surface area contributed by atoms with Crippen molar-refractivity contribution in [2.24, 2.45) is 18.4 Å². The Morgan fingerprint density at radius 3 is 2.57 bits per heavy atom. The Morgan fingerprint density at radius 1 is 1.48 bits per heavy atom. The predicted octanol–water partition coefficient (Wildman–Crippen LogP) is 2.03. The van der Waals surface area contributed by atoms with E-state index in [2.05, 4.69) is 4.98 Å². The van der Waals surface area contributed by atoms with Crippen molar-refractivity contribution in [1.29, 1.82) is 0 Å². The van der Waals surface area contributed by atoms with Crippen molar-refractivity contribution in [2.45, 2.75) is 40.0 Å². The molecule has 1 N–H and O–H groups in total. The molecular formula is C15H24N2O4. The summed E-state index contributed by atoms with van der Waals surface area (Å²) in [6, 6.07) is 0. The second-order valence-electron chi connectivity index (χ2n) is 5.66. The van der Waals surface area contributed by atoms with Crippen LogP contribution in [0.5, 0.6) is 0 Å². The molecule has 21 heavy (non-hydrogen) atoms. The lowest BCUT2D eigenvalue weighted by molar-refractivity contribution is -0.170. The summed E-state index contributed by atoms with van der Waals surface area (Å²) in [5.41, 5.74) is -1.50. The molecule has 1 rings (SSSR count). The maximum absolute atomic E-state index is 12.3. The molecule has 1 unspecified atom stereocenters. The second kappa shape index (κ2) is 7.24. The van der Waals surface area contributed by atoms with Crippen LogP contribution in [0.1, 0.15) is 39.4 Å². The first-order valence-corrected chi connectivity index (χ1v) is 7.20. The van der Waals surface area contributed by atoms with Gasteiger partial charge in [-0.1, -0.05) is 13.8 Å². The van der Waals surface area contributed by atoms with E-state index in [9.17, 15) is 14.7 Å². The molecule has 118 valence electrons. The minimum Gasteiger partial charge on any atom is -0.480 e. The summed E-state index contributed by atoms with van der Waals surface area (Å²) >= 11 is 0. The summed E-state index contributed by atoms with van der Waals surface area (Å²) in [5.74, 6) is -0.940. The largest absolute Gasteiger partial charge is 0.480 e. The van der Waals surface area contributed by atoms with Gasteiger partial charge >= 0.3 is 11.9 Å². The molecule has 0 spiro atoms. The number of hydrogen-bond donors (Lipinski definition) is 1. The lowest BCUT2D eigenvalue weighted by Gasteiger charge is -2.28. The van der Waals surface area contributed by atoms with Crippen LogP contribution in [0.4, 0.5) is 0 Å². The highest BCUT2D eigenvalue weighted by atomic mass is 16.5. The van der Waals surface area contributed by atoms with E-state index in [0.29, 0.717) is 6.42 Å². The van der Waals surface area contributed by atoms with Crippen molar-refractivity contribution in [1.82, 2.24) is 9.55 Å². The molecule has 1 aromatic heterocycles. The smallest absolute Gasteiger partial charge is 0.323 e. The maximum atomic E-state index is 12.3. The zero-order valence-corrected chi connectivity index (χ0v) is 13.1. The minimum absolute atomic E-state index is 0.0758. The number of rotatable bonds is 8. The van der Waals surface area contributed by atoms with Crippen LogP contribution in [-0.2, 0) is 27.8 Å². The molecule has 1 aromatic rings. The number of aryl methyl sites for hydroxylation is 2. The molecule has 0 saturated carbocycles. The zero-order valence-electron chi connectivity index (χ0n) is 13.1. The monoisotopic (exact) mass is 296 g/mol. The third kappa shape index (κ3) is 4.06. The average molecular weight is 296 g/mol. The molecule has 1 heterocycles. The van der Waals surface area contributed by atoms with Crippen LogP contribution in [0.25, 0.3) is 0 Å². The lowest BCUT2D eigenvalue weighted by atomic mass is 9.76. The molecule has 0 fully saturated rings. The molecule has 0 saturated heterocycles. The number of carbonyl (C=O) groups excluding carboxylic acids is 1. The van der Waals surface area contributed by atoms with Crippen molar-refractivity contribution >= 4 is 11.9 Å². The lowest BCUT2D eigenvalue weighted by Crippen LogP contribution is -2.42. The number of carboxylic acid groups (broad SMARTS) is 1. The van der Waals surface area contributed by atoms with Gasteiger partial charge in [0.25, 0.3) is 0 Å². The molecule has 0 aromatic carbocycles. The van der Waals surface area contributed by atoms with Gasteiger partial charge in [0.1, 0.15) is 5.82 Å². The van der Waals surface area contributed by atoms with Crippen LogP contribution in [0.15, 0.2) is 12.4 Å². The first-order valence-electron chi connectivity index (χ1n) is 7.20. The van der Waals surface area contributed by atoms with Crippen LogP contribution in [0, 0.1) is 11.3 Å². The standard InChI is InChI=1S/C15H24N2O4/c1-5-21-14(20)15(13(18)19,10-11(2)3)7-6-12-16-8-9-17(12)4/h8-9,11H,5-7,10H2,1-4H3,(H,18,19). The highest BCUT2D eigenvalue weighted by Crippen LogP contribution is 2.34. The van der Waals surface area contributed by atoms with Crippen molar-refractivity contribution in [3.8, 4) is 0 Å². The molecule has 0 bridgehead atoms. The number of ether oxygens (including phenoxy) is 1. The Balaban J connectivity index is 3.01. The Bertz CT molecular complexity index is 496. The minimum atomic E-state index is -1.50. The van der Waals surface area contributed by atoms with E-state index in [1.54, 1.807) is 19.3 Å². The van der Waals surface area contributed by atoms with Gasteiger partial charge < -0.3 is 14.4 Å². The van der Waals surface area contributed by atoms with Crippen LogP contribution >= 0.6 is 0 Å². The number of aromatic nitrogens is 2. The van der Waals surface area contributed by atoms with Gasteiger partial charge in [0.2, 0.25) is 0 Å². The van der Waals surface area contributed by atoms with E-state index in [0.717, 1.165) is 5.82 Å². The number of carboxylic acids is 1. The van der Waals surface area contributed by atoms with E-state index in [-0.39, 0.29) is 25.4 Å². The maximum Gasteiger partial charge on any atom is 0.323 e. The van der Waals surface area contributed by atoms with Gasteiger partial charge in [-0.2, -0.15) is 0 Å². The van der Waals surface area contributed by atoms with Gasteiger partial charge in [0.05, 0.1) is 6.61 Å². The topological polar surface area (TPSA) is 81.4 Å². The molecule has 0 aliphatic carbocycles. The number of nitrogens with zero attached hydrogens (tertiary/aromatic N) is 2. The van der Waals surface area contributed by atoms with Crippen molar-refractivity contribution in [3.05, 3.63) is 18.2 Å². The predicted molar refractivity (Wildman–Crippen MR) is 77.7 cm³/mol. The van der Waals surface area contributed by atoms with Crippen LogP contribution in [0.2, 0.25) is 0 Å². The molecule has 6 heteroatoms. The quantitative estimate of drug-likeness (QED) is 0.586. The summed E-state index contributed by atoms with van der Waals surface area (Å²) in [7, 11) is 1.84. The molecule has 0 aliphatic rings. The first kappa shape index (κ1) is 17.2. The highest BCUT2D eigenvalue weighted by molar-refractivity contribution is 5.99. The number of esters is 1. The highest BCUT2D eigenvalue weighted by Gasteiger charge is 2.47. The van der Waals surface area contributed by atoms with Crippen LogP contribution in [0.3, 0.4) is 0 Å². The van der Waals surface area contributed by atoms with Crippen LogP contribution in [-0.4, -0.2) is 33.2 Å². The third-order valence-electron chi connectivity index (χ3n) is 3.53. The van der Waals surface area contributed by atoms with Crippen LogP contribution < -0.4 is 0 Å². The normalized spacial score (nSPS) is 14.0. The fraction of sp³-hybridized carbons (Fsp3) is 0.667. The molecule has 6 nitrogen and oxygen atoms in total. The van der Waals surface area contributed by atoms with E-state index in [1.165, 1.54) is 0 Å². The average Bonchev–Trinajstić information content (AvgIpc) is 2.79. The SMILES string of the molecule is CCOC(=O)C(CCc1nccn1C)(CC(C)C)C(=O)O. The summed E-state index contributed by atoms with van der Waals surface area (Å²) in [4.78, 5) is 28.2. The van der Waals surface area contributed by atoms with Crippen molar-refractivity contribution in [2.75, 3.05) is 6.61 Å². The zero-order chi connectivity index (χ0) is 16.0. The van der Waals surface area contributed by atoms with E-state index >= 15 is 0 Å². The van der Waals surface area contributed by atoms with Crippen molar-refractivity contribution < 1.29 is 19.4 Å². The van der Waals surface area contributed by atoms with E-state index in [4.69, 9.17) is 4.74 Å². The van der Waals surface area contributed by atoms with E-state index < -0.39 is 17.4 Å². The third-order valence-corrected chi connectivity index (χ3v) is 3.53. The molecular weight excluding hydrogens is 272 g/mol. The first-order chi connectivity index (χ1) is 9.83. The summed E-state index contributed by atoms with van der Waals surface area (Å²) in [5, 5.41) is 9.64. The number of carbonyl (C=O) groups is 2. The molecule has 0 radical (unpaired) electrons. The summed E-state index contributed by atoms with van der Waals surface area (Å²) in [6.07, 6.45) is 4.31. The Labute approximate surface area is 125 Å². The number of aliphatic carboxylic acids is 1. The molecule has 0 aliphatic heterocycles. The second-order valence-corrected chi connectivity index (χ2v) is 5.66. The Kier molecular flexibility index (Phi) is 5.93. The van der Waals surface area contributed by atoms with Crippen molar-refractivity contribution in [3.63, 3.8) is 0 Å². The summed E-state index contributed by atoms with van der Waals surface area (Å²) in [6.45, 7) is 5.66. The molecule has 0 amide bonds.